The van der Waals surface area contributed by atoms with Crippen LogP contribution in [0.3, 0.4) is 0 Å². The number of hydrogen-bond acceptors (Lipinski definition) is 8. The maximum absolute atomic E-state index is 11.7. The van der Waals surface area contributed by atoms with Crippen LogP contribution in [0, 0.1) is 0 Å². The predicted molar refractivity (Wildman–Crippen MR) is 119 cm³/mol. The Hall–Kier alpha value is -2.58. The van der Waals surface area contributed by atoms with Gasteiger partial charge in [0.05, 0.1) is 20.3 Å². The quantitative estimate of drug-likeness (QED) is 0.458. The Morgan fingerprint density at radius 1 is 1.10 bits per heavy atom. The zero-order valence-electron chi connectivity index (χ0n) is 18.2. The van der Waals surface area contributed by atoms with Crippen LogP contribution in [0.4, 0.5) is 5.82 Å². The highest BCUT2D eigenvalue weighted by atomic mass is 35.5. The van der Waals surface area contributed by atoms with Crippen LogP contribution in [-0.2, 0) is 11.3 Å². The van der Waals surface area contributed by atoms with Crippen LogP contribution in [0.15, 0.2) is 24.3 Å². The third-order valence-electron chi connectivity index (χ3n) is 5.00. The van der Waals surface area contributed by atoms with Gasteiger partial charge in [0.2, 0.25) is 5.28 Å². The number of anilines is 1. The number of methoxy groups -OCH3 is 1. The van der Waals surface area contributed by atoms with Gasteiger partial charge in [0.25, 0.3) is 0 Å². The molecular formula is C22H29ClN4O4. The molecule has 31 heavy (non-hydrogen) atoms. The van der Waals surface area contributed by atoms with Gasteiger partial charge in [0.1, 0.15) is 17.3 Å². The second-order valence-electron chi connectivity index (χ2n) is 7.27. The van der Waals surface area contributed by atoms with Gasteiger partial charge < -0.3 is 19.5 Å². The van der Waals surface area contributed by atoms with Gasteiger partial charge >= 0.3 is 5.97 Å². The average Bonchev–Trinajstić information content (AvgIpc) is 2.74. The minimum Gasteiger partial charge on any atom is -0.494 e. The fourth-order valence-corrected chi connectivity index (χ4v) is 3.81. The van der Waals surface area contributed by atoms with Crippen molar-refractivity contribution in [2.24, 2.45) is 0 Å². The molecule has 1 aliphatic rings. The molecule has 1 fully saturated rings. The molecule has 0 aliphatic carbocycles. The van der Waals surface area contributed by atoms with E-state index < -0.39 is 5.97 Å². The van der Waals surface area contributed by atoms with Crippen molar-refractivity contribution in [2.45, 2.75) is 39.3 Å². The van der Waals surface area contributed by atoms with Crippen LogP contribution >= 0.6 is 11.6 Å². The van der Waals surface area contributed by atoms with Crippen molar-refractivity contribution in [1.82, 2.24) is 14.9 Å². The summed E-state index contributed by atoms with van der Waals surface area (Å²) in [5.41, 5.74) is 1.31. The molecule has 1 aromatic heterocycles. The first-order valence-electron chi connectivity index (χ1n) is 10.5. The van der Waals surface area contributed by atoms with Crippen LogP contribution in [0.25, 0.3) is 0 Å². The molecule has 1 aliphatic heterocycles. The number of rotatable bonds is 9. The Kier molecular flexibility index (Phi) is 8.31. The first-order chi connectivity index (χ1) is 15.0. The summed E-state index contributed by atoms with van der Waals surface area (Å²) in [6.07, 6.45) is 1.89. The molecule has 0 saturated carbocycles. The van der Waals surface area contributed by atoms with Crippen LogP contribution in [0.1, 0.15) is 42.7 Å². The van der Waals surface area contributed by atoms with Gasteiger partial charge in [-0.25, -0.2) is 14.8 Å². The topological polar surface area (TPSA) is 85.8 Å². The highest BCUT2D eigenvalue weighted by Crippen LogP contribution is 2.25. The molecule has 0 atom stereocenters. The number of nitrogens with one attached hydrogen (secondary N) is 1. The minimum atomic E-state index is -0.539. The van der Waals surface area contributed by atoms with Crippen molar-refractivity contribution in [3.05, 3.63) is 40.8 Å². The second kappa shape index (κ2) is 11.2. The molecule has 2 heterocycles. The Balaban J connectivity index is 1.58. The Morgan fingerprint density at radius 3 is 2.32 bits per heavy atom. The number of carbonyl (C=O) groups is 1. The maximum atomic E-state index is 11.7. The Labute approximate surface area is 187 Å². The van der Waals surface area contributed by atoms with E-state index in [0.717, 1.165) is 44.0 Å². The van der Waals surface area contributed by atoms with Gasteiger partial charge in [-0.1, -0.05) is 0 Å². The molecule has 3 rings (SSSR count). The number of hydrogen-bond donors (Lipinski definition) is 1. The number of ether oxygens (including phenoxy) is 3. The summed E-state index contributed by atoms with van der Waals surface area (Å²) in [5.74, 6) is 1.66. The van der Waals surface area contributed by atoms with Crippen molar-refractivity contribution >= 4 is 23.4 Å². The lowest BCUT2D eigenvalue weighted by molar-refractivity contribution is 0.0594. The van der Waals surface area contributed by atoms with Crippen molar-refractivity contribution in [2.75, 3.05) is 38.7 Å². The molecule has 168 valence electrons. The number of piperidine rings is 1. The summed E-state index contributed by atoms with van der Waals surface area (Å²) in [5, 5.41) is 3.38. The van der Waals surface area contributed by atoms with Crippen LogP contribution in [0.5, 0.6) is 11.5 Å². The number of likely N-dealkylation sites (tertiary alicyclic amines) is 1. The van der Waals surface area contributed by atoms with Gasteiger partial charge in [-0.2, -0.15) is 0 Å². The number of halogens is 1. The normalized spacial score (nSPS) is 14.8. The van der Waals surface area contributed by atoms with Crippen LogP contribution in [-0.4, -0.2) is 60.3 Å². The number of esters is 1. The van der Waals surface area contributed by atoms with Crippen LogP contribution < -0.4 is 14.8 Å². The number of aromatic nitrogens is 2. The molecule has 0 bridgehead atoms. The monoisotopic (exact) mass is 448 g/mol. The van der Waals surface area contributed by atoms with E-state index in [1.807, 2.05) is 19.9 Å². The molecule has 8 nitrogen and oxygen atoms in total. The summed E-state index contributed by atoms with van der Waals surface area (Å²) in [4.78, 5) is 22.2. The summed E-state index contributed by atoms with van der Waals surface area (Å²) in [6.45, 7) is 7.90. The highest BCUT2D eigenvalue weighted by Gasteiger charge is 2.21. The lowest BCUT2D eigenvalue weighted by Gasteiger charge is -2.32. The van der Waals surface area contributed by atoms with E-state index in [4.69, 9.17) is 25.8 Å². The Morgan fingerprint density at radius 2 is 1.74 bits per heavy atom. The van der Waals surface area contributed by atoms with E-state index in [1.54, 1.807) is 6.07 Å². The highest BCUT2D eigenvalue weighted by molar-refractivity contribution is 6.28. The number of benzene rings is 1. The fourth-order valence-electron chi connectivity index (χ4n) is 3.63. The molecular weight excluding hydrogens is 420 g/mol. The second-order valence-corrected chi connectivity index (χ2v) is 7.61. The first kappa shape index (κ1) is 23.1. The van der Waals surface area contributed by atoms with Gasteiger partial charge in [0.15, 0.2) is 5.69 Å². The molecule has 1 N–H and O–H groups in total. The molecule has 0 radical (unpaired) electrons. The van der Waals surface area contributed by atoms with Gasteiger partial charge in [0, 0.05) is 37.8 Å². The zero-order valence-corrected chi connectivity index (χ0v) is 18.9. The van der Waals surface area contributed by atoms with E-state index in [-0.39, 0.29) is 17.0 Å². The molecule has 0 unspecified atom stereocenters. The summed E-state index contributed by atoms with van der Waals surface area (Å²) in [6, 6.07) is 7.89. The minimum absolute atomic E-state index is 0.0159. The summed E-state index contributed by atoms with van der Waals surface area (Å²) in [7, 11) is 1.31. The summed E-state index contributed by atoms with van der Waals surface area (Å²) < 4.78 is 16.1. The van der Waals surface area contributed by atoms with Crippen LogP contribution in [0.2, 0.25) is 5.28 Å². The van der Waals surface area contributed by atoms with Crippen molar-refractivity contribution in [3.8, 4) is 11.5 Å². The third kappa shape index (κ3) is 6.70. The number of carbonyl (C=O) groups excluding carboxylic acids is 1. The van der Waals surface area contributed by atoms with Gasteiger partial charge in [-0.3, -0.25) is 4.90 Å². The smallest absolute Gasteiger partial charge is 0.356 e. The van der Waals surface area contributed by atoms with E-state index in [0.29, 0.717) is 19.0 Å². The lowest BCUT2D eigenvalue weighted by atomic mass is 10.0. The largest absolute Gasteiger partial charge is 0.494 e. The molecule has 1 saturated heterocycles. The van der Waals surface area contributed by atoms with Crippen molar-refractivity contribution in [3.63, 3.8) is 0 Å². The fraction of sp³-hybridized carbons (Fsp3) is 0.500. The van der Waals surface area contributed by atoms with E-state index in [2.05, 4.69) is 32.3 Å². The standard InChI is InChI=1S/C22H29ClN4O4/c1-4-30-17-10-15(11-18(12-17)31-5-2)14-27-8-6-16(7-9-27)24-20-13-19(21(28)29-3)25-22(23)26-20/h10-13,16H,4-9,14H2,1-3H3,(H,24,25,26). The van der Waals surface area contributed by atoms with Gasteiger partial charge in [-0.05, 0) is 56.0 Å². The molecule has 0 amide bonds. The molecule has 9 heteroatoms. The van der Waals surface area contributed by atoms with Gasteiger partial charge in [-0.15, -0.1) is 0 Å². The average molecular weight is 449 g/mol. The number of nitrogens with zero attached hydrogens (tertiary/aromatic N) is 3. The predicted octanol–water partition coefficient (Wildman–Crippen LogP) is 3.79. The third-order valence-corrected chi connectivity index (χ3v) is 5.17. The molecule has 2 aromatic rings. The maximum Gasteiger partial charge on any atom is 0.356 e. The zero-order chi connectivity index (χ0) is 22.2. The van der Waals surface area contributed by atoms with E-state index >= 15 is 0 Å². The van der Waals surface area contributed by atoms with E-state index in [1.165, 1.54) is 12.7 Å². The SMILES string of the molecule is CCOc1cc(CN2CCC(Nc3cc(C(=O)OC)nc(Cl)n3)CC2)cc(OCC)c1. The molecule has 1 aromatic carbocycles. The van der Waals surface area contributed by atoms with Crippen molar-refractivity contribution < 1.29 is 19.0 Å². The van der Waals surface area contributed by atoms with E-state index in [9.17, 15) is 4.79 Å². The van der Waals surface area contributed by atoms with Crippen molar-refractivity contribution in [1.29, 1.82) is 0 Å². The lowest BCUT2D eigenvalue weighted by Crippen LogP contribution is -2.38. The Bertz CT molecular complexity index is 864. The summed E-state index contributed by atoms with van der Waals surface area (Å²) >= 11 is 5.95. The molecule has 0 spiro atoms. The first-order valence-corrected chi connectivity index (χ1v) is 10.9.